The molecule has 2 rings (SSSR count). The third-order valence-corrected chi connectivity index (χ3v) is 3.76. The van der Waals surface area contributed by atoms with E-state index in [9.17, 15) is 4.79 Å². The average molecular weight is 316 g/mol. The predicted octanol–water partition coefficient (Wildman–Crippen LogP) is 2.69. The number of hydrogen-bond donors (Lipinski definition) is 1. The van der Waals surface area contributed by atoms with Gasteiger partial charge in [-0.1, -0.05) is 0 Å². The molecule has 0 spiro atoms. The molecule has 6 heteroatoms. The average Bonchev–Trinajstić information content (AvgIpc) is 3.30. The van der Waals surface area contributed by atoms with Crippen molar-refractivity contribution in [2.75, 3.05) is 18.5 Å². The van der Waals surface area contributed by atoms with Crippen molar-refractivity contribution >= 4 is 11.9 Å². The van der Waals surface area contributed by atoms with E-state index in [1.807, 2.05) is 33.9 Å². The van der Waals surface area contributed by atoms with E-state index in [4.69, 9.17) is 10.00 Å². The second-order valence-electron chi connectivity index (χ2n) is 6.92. The molecule has 0 unspecified atom stereocenters. The van der Waals surface area contributed by atoms with Gasteiger partial charge in [-0.25, -0.2) is 9.78 Å². The van der Waals surface area contributed by atoms with Crippen molar-refractivity contribution in [2.45, 2.75) is 45.3 Å². The zero-order valence-corrected chi connectivity index (χ0v) is 14.2. The van der Waals surface area contributed by atoms with Crippen LogP contribution in [0.4, 0.5) is 10.6 Å². The van der Waals surface area contributed by atoms with Gasteiger partial charge in [0.1, 0.15) is 17.5 Å². The van der Waals surface area contributed by atoms with Gasteiger partial charge in [0.2, 0.25) is 0 Å². The highest BCUT2D eigenvalue weighted by molar-refractivity contribution is 5.67. The molecule has 1 saturated carbocycles. The quantitative estimate of drug-likeness (QED) is 0.903. The summed E-state index contributed by atoms with van der Waals surface area (Å²) in [4.78, 5) is 18.2. The summed E-state index contributed by atoms with van der Waals surface area (Å²) >= 11 is 0. The molecule has 0 aromatic carbocycles. The maximum Gasteiger partial charge on any atom is 0.407 e. The van der Waals surface area contributed by atoms with Gasteiger partial charge in [-0.3, -0.25) is 0 Å². The van der Waals surface area contributed by atoms with Gasteiger partial charge in [0, 0.05) is 19.8 Å². The monoisotopic (exact) mass is 316 g/mol. The Kier molecular flexibility index (Phi) is 5.09. The third kappa shape index (κ3) is 5.13. The molecule has 0 radical (unpaired) electrons. The number of carbonyl (C=O) groups excluding carboxylic acids is 1. The number of ether oxygens (including phenoxy) is 1. The van der Waals surface area contributed by atoms with Crippen molar-refractivity contribution in [1.82, 2.24) is 10.3 Å². The maximum absolute atomic E-state index is 11.8. The molecule has 124 valence electrons. The SMILES string of the molecule is CN(c1ccc(C#N)cn1)[C@H](CNC(=O)OC(C)(C)C)C1CC1. The Labute approximate surface area is 137 Å². The number of likely N-dealkylation sites (N-methyl/N-ethyl adjacent to an activating group) is 1. The summed E-state index contributed by atoms with van der Waals surface area (Å²) in [7, 11) is 1.97. The van der Waals surface area contributed by atoms with E-state index in [0.717, 1.165) is 18.7 Å². The fraction of sp³-hybridized carbons (Fsp3) is 0.588. The number of hydrogen-bond acceptors (Lipinski definition) is 5. The molecule has 1 aliphatic carbocycles. The zero-order chi connectivity index (χ0) is 17.0. The molecule has 1 heterocycles. The molecule has 1 N–H and O–H groups in total. The first-order valence-electron chi connectivity index (χ1n) is 7.86. The number of nitrogens with one attached hydrogen (secondary N) is 1. The fourth-order valence-corrected chi connectivity index (χ4v) is 2.43. The van der Waals surface area contributed by atoms with Crippen molar-refractivity contribution in [2.24, 2.45) is 5.92 Å². The number of alkyl carbamates (subject to hydrolysis) is 1. The molecule has 1 aromatic heterocycles. The summed E-state index contributed by atoms with van der Waals surface area (Å²) in [5.41, 5.74) is 0.0386. The zero-order valence-electron chi connectivity index (χ0n) is 14.2. The van der Waals surface area contributed by atoms with Crippen molar-refractivity contribution in [3.8, 4) is 6.07 Å². The lowest BCUT2D eigenvalue weighted by molar-refractivity contribution is 0.0523. The van der Waals surface area contributed by atoms with Crippen LogP contribution >= 0.6 is 0 Å². The number of pyridine rings is 1. The fourth-order valence-electron chi connectivity index (χ4n) is 2.43. The van der Waals surface area contributed by atoms with Crippen LogP contribution in [0, 0.1) is 17.2 Å². The van der Waals surface area contributed by atoms with Crippen LogP contribution in [-0.4, -0.2) is 36.3 Å². The van der Waals surface area contributed by atoms with Crippen LogP contribution < -0.4 is 10.2 Å². The molecule has 1 aromatic rings. The number of anilines is 1. The molecule has 1 aliphatic rings. The second-order valence-corrected chi connectivity index (χ2v) is 6.92. The molecule has 0 aliphatic heterocycles. The lowest BCUT2D eigenvalue weighted by Crippen LogP contribution is -2.45. The van der Waals surface area contributed by atoms with Crippen LogP contribution in [0.25, 0.3) is 0 Å². The van der Waals surface area contributed by atoms with Crippen LogP contribution in [0.3, 0.4) is 0 Å². The first kappa shape index (κ1) is 17.1. The first-order chi connectivity index (χ1) is 10.8. The Morgan fingerprint density at radius 2 is 2.22 bits per heavy atom. The Hall–Kier alpha value is -2.29. The molecule has 6 nitrogen and oxygen atoms in total. The summed E-state index contributed by atoms with van der Waals surface area (Å²) in [6, 6.07) is 5.82. The van der Waals surface area contributed by atoms with Gasteiger partial charge >= 0.3 is 6.09 Å². The Morgan fingerprint density at radius 3 is 2.70 bits per heavy atom. The minimum Gasteiger partial charge on any atom is -0.444 e. The Bertz CT molecular complexity index is 582. The molecular formula is C17H24N4O2. The number of aromatic nitrogens is 1. The van der Waals surface area contributed by atoms with Crippen molar-refractivity contribution in [3.63, 3.8) is 0 Å². The third-order valence-electron chi connectivity index (χ3n) is 3.76. The minimum absolute atomic E-state index is 0.169. The van der Waals surface area contributed by atoms with E-state index in [-0.39, 0.29) is 6.04 Å². The van der Waals surface area contributed by atoms with Crippen LogP contribution in [0.5, 0.6) is 0 Å². The highest BCUT2D eigenvalue weighted by Gasteiger charge is 2.35. The molecule has 1 amide bonds. The molecular weight excluding hydrogens is 292 g/mol. The molecule has 1 atom stereocenters. The highest BCUT2D eigenvalue weighted by Crippen LogP contribution is 2.36. The summed E-state index contributed by atoms with van der Waals surface area (Å²) in [6.07, 6.45) is 3.48. The molecule has 23 heavy (non-hydrogen) atoms. The van der Waals surface area contributed by atoms with Gasteiger partial charge in [0.05, 0.1) is 11.6 Å². The van der Waals surface area contributed by atoms with Crippen molar-refractivity contribution < 1.29 is 9.53 Å². The van der Waals surface area contributed by atoms with Gasteiger partial charge in [-0.05, 0) is 51.7 Å². The summed E-state index contributed by atoms with van der Waals surface area (Å²) in [5.74, 6) is 1.35. The number of nitriles is 1. The number of rotatable bonds is 5. The van der Waals surface area contributed by atoms with Gasteiger partial charge in [0.15, 0.2) is 0 Å². The van der Waals surface area contributed by atoms with E-state index < -0.39 is 11.7 Å². The smallest absolute Gasteiger partial charge is 0.407 e. The van der Waals surface area contributed by atoms with E-state index >= 15 is 0 Å². The Balaban J connectivity index is 1.97. The van der Waals surface area contributed by atoms with Crippen LogP contribution in [0.15, 0.2) is 18.3 Å². The lowest BCUT2D eigenvalue weighted by Gasteiger charge is -2.30. The van der Waals surface area contributed by atoms with Gasteiger partial charge in [-0.15, -0.1) is 0 Å². The number of carbonyl (C=O) groups is 1. The van der Waals surface area contributed by atoms with E-state index in [0.29, 0.717) is 18.0 Å². The topological polar surface area (TPSA) is 78.3 Å². The molecule has 1 fully saturated rings. The van der Waals surface area contributed by atoms with Crippen LogP contribution in [-0.2, 0) is 4.74 Å². The normalized spacial score (nSPS) is 15.4. The van der Waals surface area contributed by atoms with Crippen LogP contribution in [0.1, 0.15) is 39.2 Å². The van der Waals surface area contributed by atoms with Gasteiger partial charge < -0.3 is 15.0 Å². The second kappa shape index (κ2) is 6.86. The predicted molar refractivity (Wildman–Crippen MR) is 88.1 cm³/mol. The highest BCUT2D eigenvalue weighted by atomic mass is 16.6. The summed E-state index contributed by atoms with van der Waals surface area (Å²) in [5, 5.41) is 11.7. The van der Waals surface area contributed by atoms with E-state index in [1.165, 1.54) is 0 Å². The maximum atomic E-state index is 11.8. The van der Waals surface area contributed by atoms with E-state index in [2.05, 4.69) is 21.3 Å². The lowest BCUT2D eigenvalue weighted by atomic mass is 10.1. The molecule has 0 bridgehead atoms. The van der Waals surface area contributed by atoms with Crippen molar-refractivity contribution in [3.05, 3.63) is 23.9 Å². The minimum atomic E-state index is -0.500. The van der Waals surface area contributed by atoms with E-state index in [1.54, 1.807) is 12.3 Å². The van der Waals surface area contributed by atoms with Gasteiger partial charge in [0.25, 0.3) is 0 Å². The summed E-state index contributed by atoms with van der Waals surface area (Å²) in [6.45, 7) is 6.05. The number of nitrogens with zero attached hydrogens (tertiary/aromatic N) is 3. The van der Waals surface area contributed by atoms with Gasteiger partial charge in [-0.2, -0.15) is 5.26 Å². The largest absolute Gasteiger partial charge is 0.444 e. The van der Waals surface area contributed by atoms with Crippen LogP contribution in [0.2, 0.25) is 0 Å². The van der Waals surface area contributed by atoms with Crippen molar-refractivity contribution in [1.29, 1.82) is 5.26 Å². The summed E-state index contributed by atoms with van der Waals surface area (Å²) < 4.78 is 5.28. The first-order valence-corrected chi connectivity index (χ1v) is 7.86. The number of amides is 1. The standard InChI is InChI=1S/C17H24N4O2/c1-17(2,3)23-16(22)20-11-14(13-6-7-13)21(4)15-8-5-12(9-18)10-19-15/h5,8,10,13-14H,6-7,11H2,1-4H3,(H,20,22)/t14-/m1/s1. The molecule has 0 saturated heterocycles. The Morgan fingerprint density at radius 1 is 1.52 bits per heavy atom.